The first-order valence-corrected chi connectivity index (χ1v) is 11.5. The lowest BCUT2D eigenvalue weighted by molar-refractivity contribution is -0.129. The molecule has 0 radical (unpaired) electrons. The molecule has 3 amide bonds. The number of ether oxygens (including phenoxy) is 2. The van der Waals surface area contributed by atoms with Crippen LogP contribution >= 0.6 is 11.3 Å². The van der Waals surface area contributed by atoms with Gasteiger partial charge in [-0.15, -0.1) is 11.3 Å². The van der Waals surface area contributed by atoms with Gasteiger partial charge >= 0.3 is 5.97 Å². The number of nitrogens with zero attached hydrogens (tertiary/aromatic N) is 1. The number of hydrogen-bond donors (Lipinski definition) is 1. The van der Waals surface area contributed by atoms with Crippen molar-refractivity contribution in [3.05, 3.63) is 81.5 Å². The molecule has 3 aromatic rings. The maximum Gasteiger partial charge on any atom is 0.338 e. The number of carbonyl (C=O) groups is 4. The van der Waals surface area contributed by atoms with Crippen LogP contribution in [0.4, 0.5) is 5.69 Å². The maximum absolute atomic E-state index is 13.0. The van der Waals surface area contributed by atoms with Crippen molar-refractivity contribution in [2.75, 3.05) is 11.5 Å². The van der Waals surface area contributed by atoms with Gasteiger partial charge in [-0.25, -0.2) is 9.69 Å². The van der Waals surface area contributed by atoms with E-state index in [1.165, 1.54) is 36.5 Å². The van der Waals surface area contributed by atoms with Crippen molar-refractivity contribution < 1.29 is 28.7 Å². The summed E-state index contributed by atoms with van der Waals surface area (Å²) in [6, 6.07) is 14.5. The zero-order valence-electron chi connectivity index (χ0n) is 18.6. The second kappa shape index (κ2) is 9.88. The van der Waals surface area contributed by atoms with E-state index in [0.717, 1.165) is 9.78 Å². The summed E-state index contributed by atoms with van der Waals surface area (Å²) in [7, 11) is 0. The lowest BCUT2D eigenvalue weighted by Gasteiger charge is -2.14. The zero-order valence-corrected chi connectivity index (χ0v) is 19.4. The van der Waals surface area contributed by atoms with Crippen LogP contribution in [0.2, 0.25) is 0 Å². The molecule has 0 aliphatic carbocycles. The Morgan fingerprint density at radius 2 is 1.76 bits per heavy atom. The first kappa shape index (κ1) is 23.2. The number of thiophene rings is 1. The second-order valence-corrected chi connectivity index (χ2v) is 8.51. The molecule has 0 fully saturated rings. The van der Waals surface area contributed by atoms with E-state index in [0.29, 0.717) is 24.6 Å². The second-order valence-electron chi connectivity index (χ2n) is 7.48. The van der Waals surface area contributed by atoms with Crippen molar-refractivity contribution in [2.45, 2.75) is 26.5 Å². The minimum atomic E-state index is -1.03. The largest absolute Gasteiger partial charge is 0.494 e. The number of fused-ring (bicyclic) bond motifs is 1. The van der Waals surface area contributed by atoms with Crippen LogP contribution in [0, 0.1) is 0 Å². The van der Waals surface area contributed by atoms with Crippen LogP contribution in [0.25, 0.3) is 0 Å². The molecule has 1 aliphatic heterocycles. The molecule has 1 N–H and O–H groups in total. The van der Waals surface area contributed by atoms with Gasteiger partial charge in [-0.05, 0) is 67.8 Å². The SMILES string of the molecule is CCOc1ccc(N2C(=O)c3ccc(C(=O)OC(C)C(=O)NCc4cccs4)cc3C2=O)cc1. The van der Waals surface area contributed by atoms with Crippen molar-refractivity contribution in [3.63, 3.8) is 0 Å². The predicted octanol–water partition coefficient (Wildman–Crippen LogP) is 3.81. The van der Waals surface area contributed by atoms with E-state index in [-0.39, 0.29) is 16.7 Å². The van der Waals surface area contributed by atoms with Crippen molar-refractivity contribution >= 4 is 40.7 Å². The highest BCUT2D eigenvalue weighted by atomic mass is 32.1. The summed E-state index contributed by atoms with van der Waals surface area (Å²) < 4.78 is 10.7. The molecule has 4 rings (SSSR count). The van der Waals surface area contributed by atoms with Crippen LogP contribution in [-0.4, -0.2) is 36.4 Å². The lowest BCUT2D eigenvalue weighted by atomic mass is 10.1. The van der Waals surface area contributed by atoms with Gasteiger partial charge in [0.05, 0.1) is 35.5 Å². The molecule has 9 heteroatoms. The number of rotatable bonds is 8. The summed E-state index contributed by atoms with van der Waals surface area (Å²) >= 11 is 1.51. The first-order chi connectivity index (χ1) is 16.4. The van der Waals surface area contributed by atoms with Gasteiger partial charge < -0.3 is 14.8 Å². The van der Waals surface area contributed by atoms with Crippen LogP contribution in [0.1, 0.15) is 49.8 Å². The summed E-state index contributed by atoms with van der Waals surface area (Å²) in [5, 5.41) is 4.62. The van der Waals surface area contributed by atoms with E-state index in [2.05, 4.69) is 5.32 Å². The van der Waals surface area contributed by atoms with Crippen LogP contribution in [0.3, 0.4) is 0 Å². The third kappa shape index (κ3) is 4.69. The van der Waals surface area contributed by atoms with Crippen molar-refractivity contribution in [2.24, 2.45) is 0 Å². The number of nitrogens with one attached hydrogen (secondary N) is 1. The monoisotopic (exact) mass is 478 g/mol. The fourth-order valence-electron chi connectivity index (χ4n) is 3.47. The third-order valence-corrected chi connectivity index (χ3v) is 6.07. The van der Waals surface area contributed by atoms with Gasteiger partial charge in [-0.3, -0.25) is 14.4 Å². The molecule has 1 atom stereocenters. The molecule has 0 spiro atoms. The topological polar surface area (TPSA) is 102 Å². The number of benzene rings is 2. The van der Waals surface area contributed by atoms with Crippen LogP contribution in [0.5, 0.6) is 5.75 Å². The van der Waals surface area contributed by atoms with E-state index in [1.54, 1.807) is 24.3 Å². The number of carbonyl (C=O) groups excluding carboxylic acids is 4. The van der Waals surface area contributed by atoms with Gasteiger partial charge in [-0.2, -0.15) is 0 Å². The molecule has 1 aromatic heterocycles. The lowest BCUT2D eigenvalue weighted by Crippen LogP contribution is -2.35. The quantitative estimate of drug-likeness (QED) is 0.390. The number of amides is 3. The average molecular weight is 479 g/mol. The van der Waals surface area contributed by atoms with E-state index in [4.69, 9.17) is 9.47 Å². The van der Waals surface area contributed by atoms with Gasteiger partial charge in [0.25, 0.3) is 17.7 Å². The number of anilines is 1. The van der Waals surface area contributed by atoms with Gasteiger partial charge in [-0.1, -0.05) is 6.07 Å². The van der Waals surface area contributed by atoms with E-state index in [9.17, 15) is 19.2 Å². The Labute approximate surface area is 200 Å². The Bertz CT molecular complexity index is 1240. The Morgan fingerprint density at radius 3 is 2.44 bits per heavy atom. The fraction of sp³-hybridized carbons (Fsp3) is 0.200. The molecule has 174 valence electrons. The Hall–Kier alpha value is -3.98. The van der Waals surface area contributed by atoms with Crippen molar-refractivity contribution in [3.8, 4) is 5.75 Å². The predicted molar refractivity (Wildman–Crippen MR) is 126 cm³/mol. The average Bonchev–Trinajstić information content (AvgIpc) is 3.44. The van der Waals surface area contributed by atoms with Crippen LogP contribution in [0.15, 0.2) is 60.0 Å². The minimum Gasteiger partial charge on any atom is -0.494 e. The van der Waals surface area contributed by atoms with E-state index < -0.39 is 29.8 Å². The van der Waals surface area contributed by atoms with Gasteiger partial charge in [0.2, 0.25) is 0 Å². The molecule has 2 aromatic carbocycles. The third-order valence-electron chi connectivity index (χ3n) is 5.20. The highest BCUT2D eigenvalue weighted by Crippen LogP contribution is 2.30. The number of imide groups is 1. The Kier molecular flexibility index (Phi) is 6.74. The molecule has 0 saturated heterocycles. The minimum absolute atomic E-state index is 0.0753. The highest BCUT2D eigenvalue weighted by Gasteiger charge is 2.37. The summed E-state index contributed by atoms with van der Waals surface area (Å²) in [5.74, 6) is -1.59. The van der Waals surface area contributed by atoms with Gasteiger partial charge in [0.1, 0.15) is 5.75 Å². The molecule has 34 heavy (non-hydrogen) atoms. The molecule has 1 unspecified atom stereocenters. The maximum atomic E-state index is 13.0. The van der Waals surface area contributed by atoms with Crippen LogP contribution in [-0.2, 0) is 16.1 Å². The van der Waals surface area contributed by atoms with E-state index in [1.807, 2.05) is 24.4 Å². The van der Waals surface area contributed by atoms with E-state index >= 15 is 0 Å². The van der Waals surface area contributed by atoms with Gasteiger partial charge in [0, 0.05) is 4.88 Å². The smallest absolute Gasteiger partial charge is 0.338 e. The number of esters is 1. The molecule has 2 heterocycles. The molecule has 1 aliphatic rings. The summed E-state index contributed by atoms with van der Waals surface area (Å²) in [6.45, 7) is 4.17. The summed E-state index contributed by atoms with van der Waals surface area (Å²) in [4.78, 5) is 52.7. The molecule has 0 bridgehead atoms. The number of hydrogen-bond acceptors (Lipinski definition) is 7. The van der Waals surface area contributed by atoms with Crippen molar-refractivity contribution in [1.29, 1.82) is 0 Å². The van der Waals surface area contributed by atoms with Gasteiger partial charge in [0.15, 0.2) is 6.10 Å². The standard InChI is InChI=1S/C25H22N2O6S/c1-3-32-18-9-7-17(8-10-18)27-23(29)20-11-6-16(13-21(20)24(27)30)25(31)33-15(2)22(28)26-14-19-5-4-12-34-19/h4-13,15H,3,14H2,1-2H3,(H,26,28). The molecule has 8 nitrogen and oxygen atoms in total. The zero-order chi connectivity index (χ0) is 24.2. The molecule has 0 saturated carbocycles. The summed E-state index contributed by atoms with van der Waals surface area (Å²) in [6.07, 6.45) is -1.03. The molecular weight excluding hydrogens is 456 g/mol. The fourth-order valence-corrected chi connectivity index (χ4v) is 4.12. The summed E-state index contributed by atoms with van der Waals surface area (Å²) in [5.41, 5.74) is 0.765. The van der Waals surface area contributed by atoms with Crippen LogP contribution < -0.4 is 15.0 Å². The first-order valence-electron chi connectivity index (χ1n) is 10.7. The normalized spacial score (nSPS) is 13.4. The highest BCUT2D eigenvalue weighted by molar-refractivity contribution is 7.09. The van der Waals surface area contributed by atoms with Crippen molar-refractivity contribution in [1.82, 2.24) is 5.32 Å². The molecular formula is C25H22N2O6S. The Morgan fingerprint density at radius 1 is 1.03 bits per heavy atom. The Balaban J connectivity index is 1.44.